The quantitative estimate of drug-likeness (QED) is 0.336. The van der Waals surface area contributed by atoms with Gasteiger partial charge in [0.2, 0.25) is 0 Å². The van der Waals surface area contributed by atoms with E-state index in [0.29, 0.717) is 46.3 Å². The molecule has 1 aliphatic rings. The highest BCUT2D eigenvalue weighted by atomic mass is 32.1. The predicted octanol–water partition coefficient (Wildman–Crippen LogP) is 3.83. The molecular weight excluding hydrogens is 478 g/mol. The Morgan fingerprint density at radius 3 is 2.58 bits per heavy atom. The normalized spacial score (nSPS) is 14.5. The van der Waals surface area contributed by atoms with Crippen LogP contribution in [0.15, 0.2) is 60.7 Å². The van der Waals surface area contributed by atoms with E-state index in [-0.39, 0.29) is 17.9 Å². The first-order chi connectivity index (χ1) is 17.6. The number of benzene rings is 2. The largest absolute Gasteiger partial charge is 0.382 e. The molecule has 186 valence electrons. The summed E-state index contributed by atoms with van der Waals surface area (Å²) in [5.41, 5.74) is 3.24. The van der Waals surface area contributed by atoms with Crippen LogP contribution in [0.5, 0.6) is 0 Å². The van der Waals surface area contributed by atoms with E-state index in [9.17, 15) is 9.59 Å². The number of rotatable bonds is 8. The molecule has 0 radical (unpaired) electrons. The predicted molar refractivity (Wildman–Crippen MR) is 140 cm³/mol. The number of aromatic nitrogens is 2. The average Bonchev–Trinajstić information content (AvgIpc) is 3.51. The summed E-state index contributed by atoms with van der Waals surface area (Å²) >= 11 is 1.27. The molecule has 10 heteroatoms. The Morgan fingerprint density at radius 2 is 1.86 bits per heavy atom. The van der Waals surface area contributed by atoms with Crippen molar-refractivity contribution in [3.05, 3.63) is 76.7 Å². The number of carbonyl (C=O) groups excluding carboxylic acids is 2. The zero-order valence-electron chi connectivity index (χ0n) is 19.8. The fourth-order valence-corrected chi connectivity index (χ4v) is 5.10. The second kappa shape index (κ2) is 10.9. The van der Waals surface area contributed by atoms with Gasteiger partial charge >= 0.3 is 0 Å². The van der Waals surface area contributed by atoms with E-state index in [4.69, 9.17) is 9.47 Å². The van der Waals surface area contributed by atoms with Crippen LogP contribution >= 0.6 is 11.3 Å². The Bertz CT molecular complexity index is 1330. The number of anilines is 2. The van der Waals surface area contributed by atoms with Crippen molar-refractivity contribution in [2.24, 2.45) is 0 Å². The lowest BCUT2D eigenvalue weighted by Crippen LogP contribution is -2.36. The van der Waals surface area contributed by atoms with Crippen molar-refractivity contribution in [2.75, 3.05) is 50.2 Å². The number of ether oxygens (including phenoxy) is 2. The van der Waals surface area contributed by atoms with Crippen molar-refractivity contribution < 1.29 is 19.1 Å². The molecule has 0 saturated carbocycles. The van der Waals surface area contributed by atoms with Crippen LogP contribution in [-0.2, 0) is 9.47 Å². The molecule has 0 aliphatic carbocycles. The Balaban J connectivity index is 1.27. The zero-order valence-corrected chi connectivity index (χ0v) is 20.6. The molecule has 36 heavy (non-hydrogen) atoms. The van der Waals surface area contributed by atoms with Gasteiger partial charge in [0.15, 0.2) is 5.82 Å². The maximum absolute atomic E-state index is 13.0. The van der Waals surface area contributed by atoms with Crippen molar-refractivity contribution in [3.63, 3.8) is 0 Å². The third-order valence-corrected chi connectivity index (χ3v) is 7.18. The SMILES string of the molecule is COC[C@@H](NC(=O)c1cc2[nH]nc(NC(=O)c3ccc(N4CCOCC4)cc3)c2s1)c1ccccc1. The number of morpholine rings is 1. The van der Waals surface area contributed by atoms with Gasteiger partial charge in [-0.2, -0.15) is 5.10 Å². The molecular formula is C26H27N5O4S. The van der Waals surface area contributed by atoms with Gasteiger partial charge in [0.25, 0.3) is 11.8 Å². The average molecular weight is 506 g/mol. The van der Waals surface area contributed by atoms with Crippen molar-refractivity contribution in [2.45, 2.75) is 6.04 Å². The molecule has 9 nitrogen and oxygen atoms in total. The summed E-state index contributed by atoms with van der Waals surface area (Å²) in [5, 5.41) is 13.0. The minimum atomic E-state index is -0.276. The van der Waals surface area contributed by atoms with E-state index in [1.54, 1.807) is 25.3 Å². The number of H-pyrrole nitrogens is 1. The molecule has 2 aromatic heterocycles. The maximum Gasteiger partial charge on any atom is 0.262 e. The van der Waals surface area contributed by atoms with E-state index >= 15 is 0 Å². The van der Waals surface area contributed by atoms with Crippen molar-refractivity contribution in [1.82, 2.24) is 15.5 Å². The summed E-state index contributed by atoms with van der Waals surface area (Å²) in [7, 11) is 1.60. The van der Waals surface area contributed by atoms with Gasteiger partial charge in [-0.3, -0.25) is 14.7 Å². The lowest BCUT2D eigenvalue weighted by molar-refractivity contribution is 0.0900. The van der Waals surface area contributed by atoms with Crippen LogP contribution in [0.3, 0.4) is 0 Å². The summed E-state index contributed by atoms with van der Waals surface area (Å²) in [6, 6.07) is 18.6. The number of thiophene rings is 1. The van der Waals surface area contributed by atoms with Gasteiger partial charge in [0.05, 0.1) is 41.0 Å². The van der Waals surface area contributed by atoms with E-state index in [1.807, 2.05) is 42.5 Å². The molecule has 0 spiro atoms. The lowest BCUT2D eigenvalue weighted by Gasteiger charge is -2.28. The maximum atomic E-state index is 13.0. The molecule has 2 amide bonds. The van der Waals surface area contributed by atoms with Crippen LogP contribution < -0.4 is 15.5 Å². The van der Waals surface area contributed by atoms with Crippen molar-refractivity contribution in [3.8, 4) is 0 Å². The van der Waals surface area contributed by atoms with Gasteiger partial charge in [-0.05, 0) is 35.9 Å². The van der Waals surface area contributed by atoms with Gasteiger partial charge in [-0.25, -0.2) is 0 Å². The van der Waals surface area contributed by atoms with Gasteiger partial charge in [0.1, 0.15) is 0 Å². The number of hydrogen-bond acceptors (Lipinski definition) is 7. The fourth-order valence-electron chi connectivity index (χ4n) is 4.14. The highest BCUT2D eigenvalue weighted by Gasteiger charge is 2.20. The number of aromatic amines is 1. The first-order valence-corrected chi connectivity index (χ1v) is 12.5. The van der Waals surface area contributed by atoms with Gasteiger partial charge in [-0.1, -0.05) is 30.3 Å². The van der Waals surface area contributed by atoms with Crippen LogP contribution in [0.1, 0.15) is 31.6 Å². The monoisotopic (exact) mass is 505 g/mol. The van der Waals surface area contributed by atoms with Crippen LogP contribution in [-0.4, -0.2) is 62.0 Å². The Morgan fingerprint density at radius 1 is 1.11 bits per heavy atom. The first-order valence-electron chi connectivity index (χ1n) is 11.7. The standard InChI is InChI=1S/C26H27N5O4S/c1-34-16-21(17-5-3-2-4-6-17)27-26(33)22-15-20-23(36-22)24(30-29-20)28-25(32)18-7-9-19(10-8-18)31-11-13-35-14-12-31/h2-10,15,21H,11-14,16H2,1H3,(H,27,33)(H2,28,29,30,32)/t21-/m1/s1. The summed E-state index contributed by atoms with van der Waals surface area (Å²) in [6.07, 6.45) is 0. The fraction of sp³-hybridized carbons (Fsp3) is 0.269. The molecule has 2 aromatic carbocycles. The van der Waals surface area contributed by atoms with Crippen molar-refractivity contribution in [1.29, 1.82) is 0 Å². The van der Waals surface area contributed by atoms with E-state index in [2.05, 4.69) is 25.7 Å². The van der Waals surface area contributed by atoms with Crippen LogP contribution in [0.25, 0.3) is 10.2 Å². The van der Waals surface area contributed by atoms with Gasteiger partial charge in [-0.15, -0.1) is 11.3 Å². The molecule has 3 N–H and O–H groups in total. The van der Waals surface area contributed by atoms with E-state index in [1.165, 1.54) is 11.3 Å². The molecule has 1 aliphatic heterocycles. The minimum absolute atomic E-state index is 0.216. The molecule has 4 aromatic rings. The highest BCUT2D eigenvalue weighted by molar-refractivity contribution is 7.21. The van der Waals surface area contributed by atoms with E-state index < -0.39 is 0 Å². The second-order valence-electron chi connectivity index (χ2n) is 8.42. The van der Waals surface area contributed by atoms with Gasteiger partial charge in [0, 0.05) is 31.5 Å². The molecule has 0 bridgehead atoms. The van der Waals surface area contributed by atoms with Crippen LogP contribution in [0.2, 0.25) is 0 Å². The summed E-state index contributed by atoms with van der Waals surface area (Å²) in [4.78, 5) is 28.6. The minimum Gasteiger partial charge on any atom is -0.382 e. The third-order valence-electron chi connectivity index (χ3n) is 6.04. The summed E-state index contributed by atoms with van der Waals surface area (Å²) < 4.78 is 11.4. The number of hydrogen-bond donors (Lipinski definition) is 3. The topological polar surface area (TPSA) is 109 Å². The number of nitrogens with zero attached hydrogens (tertiary/aromatic N) is 2. The molecule has 1 fully saturated rings. The van der Waals surface area contributed by atoms with Gasteiger partial charge < -0.3 is 25.0 Å². The Hall–Kier alpha value is -3.73. The molecule has 3 heterocycles. The Labute approximate surface area is 212 Å². The summed E-state index contributed by atoms with van der Waals surface area (Å²) in [6.45, 7) is 3.44. The zero-order chi connectivity index (χ0) is 24.9. The number of fused-ring (bicyclic) bond motifs is 1. The summed E-state index contributed by atoms with van der Waals surface area (Å²) in [5.74, 6) is -0.0835. The van der Waals surface area contributed by atoms with E-state index in [0.717, 1.165) is 24.3 Å². The molecule has 1 saturated heterocycles. The molecule has 0 unspecified atom stereocenters. The first kappa shape index (κ1) is 24.0. The Kier molecular flexibility index (Phi) is 7.26. The highest BCUT2D eigenvalue weighted by Crippen LogP contribution is 2.31. The number of carbonyl (C=O) groups is 2. The van der Waals surface area contributed by atoms with Crippen molar-refractivity contribution >= 4 is 44.9 Å². The lowest BCUT2D eigenvalue weighted by atomic mass is 10.1. The second-order valence-corrected chi connectivity index (χ2v) is 9.47. The van der Waals surface area contributed by atoms with Crippen LogP contribution in [0.4, 0.5) is 11.5 Å². The van der Waals surface area contributed by atoms with Crippen LogP contribution in [0, 0.1) is 0 Å². The number of nitrogens with one attached hydrogen (secondary N) is 3. The third kappa shape index (κ3) is 5.25. The molecule has 5 rings (SSSR count). The smallest absolute Gasteiger partial charge is 0.262 e. The number of methoxy groups -OCH3 is 1. The number of amides is 2. The molecule has 1 atom stereocenters.